The number of amides is 1. The highest BCUT2D eigenvalue weighted by Gasteiger charge is 2.10. The summed E-state index contributed by atoms with van der Waals surface area (Å²) < 4.78 is 0. The Bertz CT molecular complexity index is 916. The minimum atomic E-state index is -0.387. The number of carbonyl (C=O) groups excluding carboxylic acids is 1. The number of aromatic nitrogens is 2. The molecule has 1 aromatic heterocycles. The minimum absolute atomic E-state index is 0.169. The van der Waals surface area contributed by atoms with E-state index < -0.39 is 0 Å². The highest BCUT2D eigenvalue weighted by Crippen LogP contribution is 2.31. The predicted octanol–water partition coefficient (Wildman–Crippen LogP) is 5.43. The fourth-order valence-corrected chi connectivity index (χ4v) is 2.55. The summed E-state index contributed by atoms with van der Waals surface area (Å²) >= 11 is 18.0. The van der Waals surface area contributed by atoms with Crippen molar-refractivity contribution in [1.82, 2.24) is 9.97 Å². The van der Waals surface area contributed by atoms with E-state index in [9.17, 15) is 4.79 Å². The van der Waals surface area contributed by atoms with E-state index >= 15 is 0 Å². The van der Waals surface area contributed by atoms with E-state index in [0.717, 1.165) is 0 Å². The molecule has 0 saturated carbocycles. The number of nitrogens with one attached hydrogen (secondary N) is 2. The molecule has 2 N–H and O–H groups in total. The van der Waals surface area contributed by atoms with E-state index in [-0.39, 0.29) is 11.6 Å². The van der Waals surface area contributed by atoms with Crippen LogP contribution in [0.1, 0.15) is 10.5 Å². The molecule has 0 aliphatic carbocycles. The quantitative estimate of drug-likeness (QED) is 0.620. The van der Waals surface area contributed by atoms with Crippen LogP contribution in [0, 0.1) is 0 Å². The highest BCUT2D eigenvalue weighted by molar-refractivity contribution is 6.43. The van der Waals surface area contributed by atoms with Gasteiger partial charge >= 0.3 is 0 Å². The van der Waals surface area contributed by atoms with Crippen LogP contribution in [0.15, 0.2) is 54.9 Å². The number of halogens is 3. The molecule has 0 aliphatic rings. The zero-order chi connectivity index (χ0) is 17.8. The van der Waals surface area contributed by atoms with Crippen LogP contribution >= 0.6 is 34.8 Å². The van der Waals surface area contributed by atoms with Crippen molar-refractivity contribution in [3.05, 3.63) is 75.6 Å². The first-order chi connectivity index (χ1) is 12.0. The molecule has 0 atom stereocenters. The fourth-order valence-electron chi connectivity index (χ4n) is 2.01. The summed E-state index contributed by atoms with van der Waals surface area (Å²) in [6, 6.07) is 12.0. The number of anilines is 3. The Morgan fingerprint density at radius 1 is 0.960 bits per heavy atom. The molecule has 126 valence electrons. The molecule has 0 aliphatic heterocycles. The molecule has 0 radical (unpaired) electrons. The van der Waals surface area contributed by atoms with Crippen molar-refractivity contribution in [3.8, 4) is 0 Å². The van der Waals surface area contributed by atoms with Gasteiger partial charge in [-0.2, -0.15) is 0 Å². The molecule has 0 fully saturated rings. The van der Waals surface area contributed by atoms with Crippen LogP contribution in [-0.2, 0) is 0 Å². The maximum Gasteiger partial charge on any atom is 0.275 e. The van der Waals surface area contributed by atoms with Gasteiger partial charge in [0.2, 0.25) is 0 Å². The summed E-state index contributed by atoms with van der Waals surface area (Å²) in [4.78, 5) is 20.4. The van der Waals surface area contributed by atoms with Crippen molar-refractivity contribution >= 4 is 57.9 Å². The molecule has 3 aromatic rings. The molecular weight excluding hydrogens is 383 g/mol. The maximum absolute atomic E-state index is 12.2. The van der Waals surface area contributed by atoms with Gasteiger partial charge < -0.3 is 10.6 Å². The van der Waals surface area contributed by atoms with Crippen molar-refractivity contribution < 1.29 is 4.79 Å². The molecule has 1 amide bonds. The second-order valence-electron chi connectivity index (χ2n) is 4.98. The van der Waals surface area contributed by atoms with E-state index in [4.69, 9.17) is 34.8 Å². The van der Waals surface area contributed by atoms with Crippen molar-refractivity contribution in [1.29, 1.82) is 0 Å². The molecule has 1 heterocycles. The average molecular weight is 394 g/mol. The Hall–Kier alpha value is -2.34. The largest absolute Gasteiger partial charge is 0.338 e. The lowest BCUT2D eigenvalue weighted by Gasteiger charge is -2.09. The second-order valence-corrected chi connectivity index (χ2v) is 6.20. The maximum atomic E-state index is 12.2. The van der Waals surface area contributed by atoms with Crippen molar-refractivity contribution in [2.45, 2.75) is 0 Å². The fraction of sp³-hybridized carbons (Fsp3) is 0. The molecule has 8 heteroatoms. The summed E-state index contributed by atoms with van der Waals surface area (Å²) in [6.45, 7) is 0. The molecule has 3 rings (SSSR count). The SMILES string of the molecule is O=C(Nc1cccc(Cl)c1)c1cnc(Nc2cccc(Cl)c2Cl)cn1. The van der Waals surface area contributed by atoms with E-state index in [0.29, 0.717) is 32.3 Å². The standard InChI is InChI=1S/C17H11Cl3N4O/c18-10-3-1-4-11(7-10)23-17(25)14-8-22-15(9-21-14)24-13-6-2-5-12(19)16(13)20/h1-9H,(H,22,24)(H,23,25). The molecule has 0 unspecified atom stereocenters. The van der Waals surface area contributed by atoms with Crippen LogP contribution in [0.5, 0.6) is 0 Å². The third-order valence-corrected chi connectivity index (χ3v) is 4.24. The number of rotatable bonds is 4. The van der Waals surface area contributed by atoms with E-state index in [1.807, 2.05) is 0 Å². The van der Waals surface area contributed by atoms with Crippen LogP contribution in [0.25, 0.3) is 0 Å². The predicted molar refractivity (Wildman–Crippen MR) is 101 cm³/mol. The van der Waals surface area contributed by atoms with Crippen LogP contribution in [0.4, 0.5) is 17.2 Å². The van der Waals surface area contributed by atoms with Gasteiger partial charge in [0.25, 0.3) is 5.91 Å². The summed E-state index contributed by atoms with van der Waals surface area (Å²) in [6.07, 6.45) is 2.80. The van der Waals surface area contributed by atoms with Crippen LogP contribution < -0.4 is 10.6 Å². The number of carbonyl (C=O) groups is 1. The zero-order valence-electron chi connectivity index (χ0n) is 12.6. The van der Waals surface area contributed by atoms with Gasteiger partial charge in [-0.05, 0) is 30.3 Å². The number of benzene rings is 2. The Balaban J connectivity index is 1.71. The number of hydrogen-bond acceptors (Lipinski definition) is 4. The van der Waals surface area contributed by atoms with Gasteiger partial charge in [-0.25, -0.2) is 9.97 Å². The molecule has 0 spiro atoms. The van der Waals surface area contributed by atoms with E-state index in [2.05, 4.69) is 20.6 Å². The van der Waals surface area contributed by atoms with Crippen molar-refractivity contribution in [2.24, 2.45) is 0 Å². The smallest absolute Gasteiger partial charge is 0.275 e. The molecule has 25 heavy (non-hydrogen) atoms. The lowest BCUT2D eigenvalue weighted by Crippen LogP contribution is -2.14. The first kappa shape index (κ1) is 17.5. The Morgan fingerprint density at radius 3 is 2.48 bits per heavy atom. The van der Waals surface area contributed by atoms with Gasteiger partial charge in [-0.1, -0.05) is 46.9 Å². The van der Waals surface area contributed by atoms with Gasteiger partial charge in [0.1, 0.15) is 11.5 Å². The van der Waals surface area contributed by atoms with E-state index in [1.165, 1.54) is 12.4 Å². The summed E-state index contributed by atoms with van der Waals surface area (Å²) in [5, 5.41) is 7.04. The number of hydrogen-bond donors (Lipinski definition) is 2. The molecule has 0 saturated heterocycles. The minimum Gasteiger partial charge on any atom is -0.338 e. The summed E-state index contributed by atoms with van der Waals surface area (Å²) in [5.41, 5.74) is 1.34. The van der Waals surface area contributed by atoms with Gasteiger partial charge in [0.05, 0.1) is 28.1 Å². The highest BCUT2D eigenvalue weighted by atomic mass is 35.5. The molecule has 0 bridgehead atoms. The topological polar surface area (TPSA) is 66.9 Å². The lowest BCUT2D eigenvalue weighted by atomic mass is 10.3. The number of nitrogens with zero attached hydrogens (tertiary/aromatic N) is 2. The Kier molecular flexibility index (Phi) is 5.38. The van der Waals surface area contributed by atoms with Crippen LogP contribution in [0.3, 0.4) is 0 Å². The van der Waals surface area contributed by atoms with Crippen LogP contribution in [-0.4, -0.2) is 15.9 Å². The Morgan fingerprint density at radius 2 is 1.76 bits per heavy atom. The Labute approximate surface area is 159 Å². The van der Waals surface area contributed by atoms with E-state index in [1.54, 1.807) is 42.5 Å². The summed E-state index contributed by atoms with van der Waals surface area (Å²) in [5.74, 6) is 0.0468. The van der Waals surface area contributed by atoms with Crippen LogP contribution in [0.2, 0.25) is 15.1 Å². The van der Waals surface area contributed by atoms with Gasteiger partial charge in [0.15, 0.2) is 0 Å². The summed E-state index contributed by atoms with van der Waals surface area (Å²) in [7, 11) is 0. The third-order valence-electron chi connectivity index (χ3n) is 3.18. The second kappa shape index (κ2) is 7.70. The van der Waals surface area contributed by atoms with Gasteiger partial charge in [0, 0.05) is 10.7 Å². The van der Waals surface area contributed by atoms with Gasteiger partial charge in [-0.3, -0.25) is 4.79 Å². The molecular formula is C17H11Cl3N4O. The third kappa shape index (κ3) is 4.39. The lowest BCUT2D eigenvalue weighted by molar-refractivity contribution is 0.102. The molecule has 2 aromatic carbocycles. The van der Waals surface area contributed by atoms with Gasteiger partial charge in [-0.15, -0.1) is 0 Å². The first-order valence-corrected chi connectivity index (χ1v) is 8.26. The monoisotopic (exact) mass is 392 g/mol. The normalized spacial score (nSPS) is 10.4. The van der Waals surface area contributed by atoms with Crippen molar-refractivity contribution in [3.63, 3.8) is 0 Å². The molecule has 5 nitrogen and oxygen atoms in total. The first-order valence-electron chi connectivity index (χ1n) is 7.13. The average Bonchev–Trinajstić information content (AvgIpc) is 2.59. The zero-order valence-corrected chi connectivity index (χ0v) is 14.9. The van der Waals surface area contributed by atoms with Crippen molar-refractivity contribution in [2.75, 3.05) is 10.6 Å².